The third-order valence-electron chi connectivity index (χ3n) is 3.14. The second-order valence-corrected chi connectivity index (χ2v) is 4.54. The number of nitrogens with zero attached hydrogens (tertiary/aromatic N) is 1. The molecular formula is C14H18N2O3. The fourth-order valence-electron chi connectivity index (χ4n) is 2.10. The third kappa shape index (κ3) is 3.71. The number of ether oxygens (including phenoxy) is 1. The highest BCUT2D eigenvalue weighted by molar-refractivity contribution is 6.03. The first kappa shape index (κ1) is 13.4. The fourth-order valence-corrected chi connectivity index (χ4v) is 2.10. The summed E-state index contributed by atoms with van der Waals surface area (Å²) in [6, 6.07) is 7.02. The van der Waals surface area contributed by atoms with Crippen LogP contribution in [0.1, 0.15) is 19.3 Å². The minimum atomic E-state index is -0.276. The summed E-state index contributed by atoms with van der Waals surface area (Å²) in [5, 5.41) is 2.71. The number of methoxy groups -OCH3 is 1. The maximum absolute atomic E-state index is 11.8. The van der Waals surface area contributed by atoms with E-state index < -0.39 is 0 Å². The van der Waals surface area contributed by atoms with Crippen LogP contribution in [0.5, 0.6) is 5.75 Å². The second-order valence-electron chi connectivity index (χ2n) is 4.54. The Labute approximate surface area is 112 Å². The zero-order chi connectivity index (χ0) is 13.7. The van der Waals surface area contributed by atoms with E-state index in [9.17, 15) is 9.59 Å². The molecule has 0 unspecified atom stereocenters. The Kier molecular flexibility index (Phi) is 4.39. The molecule has 1 fully saturated rings. The van der Waals surface area contributed by atoms with Crippen molar-refractivity contribution in [3.05, 3.63) is 24.3 Å². The van der Waals surface area contributed by atoms with Crippen LogP contribution in [0, 0.1) is 0 Å². The Morgan fingerprint density at radius 3 is 2.42 bits per heavy atom. The fraction of sp³-hybridized carbons (Fsp3) is 0.429. The molecule has 0 bridgehead atoms. The molecule has 1 aliphatic heterocycles. The van der Waals surface area contributed by atoms with E-state index in [1.807, 2.05) is 0 Å². The number of rotatable bonds is 4. The average Bonchev–Trinajstić information content (AvgIpc) is 2.93. The summed E-state index contributed by atoms with van der Waals surface area (Å²) in [5.74, 6) is 0.358. The molecule has 5 nitrogen and oxygen atoms in total. The van der Waals surface area contributed by atoms with Crippen LogP contribution in [-0.4, -0.2) is 36.9 Å². The zero-order valence-electron chi connectivity index (χ0n) is 11.0. The highest BCUT2D eigenvalue weighted by Crippen LogP contribution is 2.15. The quantitative estimate of drug-likeness (QED) is 0.839. The lowest BCUT2D eigenvalue weighted by Gasteiger charge is -2.14. The van der Waals surface area contributed by atoms with Crippen molar-refractivity contribution < 1.29 is 14.3 Å². The summed E-state index contributed by atoms with van der Waals surface area (Å²) in [7, 11) is 1.59. The average molecular weight is 262 g/mol. The molecule has 0 aliphatic carbocycles. The molecule has 0 spiro atoms. The van der Waals surface area contributed by atoms with Gasteiger partial charge < -0.3 is 15.0 Å². The standard InChI is InChI=1S/C14H18N2O3/c1-19-12-6-4-11(5-7-12)15-13(17)10-14(18)16-8-2-3-9-16/h4-7H,2-3,8-10H2,1H3,(H,15,17). The maximum atomic E-state index is 11.8. The molecule has 1 aromatic rings. The Hall–Kier alpha value is -2.04. The summed E-state index contributed by atoms with van der Waals surface area (Å²) in [6.07, 6.45) is 1.98. The number of amides is 2. The van der Waals surface area contributed by atoms with Crippen molar-refractivity contribution >= 4 is 17.5 Å². The van der Waals surface area contributed by atoms with Gasteiger partial charge in [0.2, 0.25) is 11.8 Å². The minimum Gasteiger partial charge on any atom is -0.497 e. The van der Waals surface area contributed by atoms with Crippen LogP contribution in [0.2, 0.25) is 0 Å². The minimum absolute atomic E-state index is 0.0912. The van der Waals surface area contributed by atoms with E-state index >= 15 is 0 Å². The summed E-state index contributed by atoms with van der Waals surface area (Å²) in [5.41, 5.74) is 0.667. The van der Waals surface area contributed by atoms with Gasteiger partial charge in [0.05, 0.1) is 7.11 Å². The smallest absolute Gasteiger partial charge is 0.233 e. The van der Waals surface area contributed by atoms with Crippen LogP contribution in [0.15, 0.2) is 24.3 Å². The first-order chi connectivity index (χ1) is 9.19. The van der Waals surface area contributed by atoms with Crippen molar-refractivity contribution in [2.24, 2.45) is 0 Å². The van der Waals surface area contributed by atoms with Gasteiger partial charge in [0.25, 0.3) is 0 Å². The van der Waals surface area contributed by atoms with Crippen LogP contribution >= 0.6 is 0 Å². The van der Waals surface area contributed by atoms with E-state index in [0.29, 0.717) is 5.69 Å². The summed E-state index contributed by atoms with van der Waals surface area (Å²) >= 11 is 0. The topological polar surface area (TPSA) is 58.6 Å². The molecule has 1 N–H and O–H groups in total. The largest absolute Gasteiger partial charge is 0.497 e. The monoisotopic (exact) mass is 262 g/mol. The molecule has 1 saturated heterocycles. The number of hydrogen-bond donors (Lipinski definition) is 1. The number of nitrogens with one attached hydrogen (secondary N) is 1. The van der Waals surface area contributed by atoms with Gasteiger partial charge in [-0.25, -0.2) is 0 Å². The molecule has 0 radical (unpaired) electrons. The number of anilines is 1. The van der Waals surface area contributed by atoms with Gasteiger partial charge in [0.15, 0.2) is 0 Å². The van der Waals surface area contributed by atoms with Crippen molar-refractivity contribution in [2.45, 2.75) is 19.3 Å². The van der Waals surface area contributed by atoms with Gasteiger partial charge in [-0.1, -0.05) is 0 Å². The number of likely N-dealkylation sites (tertiary alicyclic amines) is 1. The van der Waals surface area contributed by atoms with Gasteiger partial charge >= 0.3 is 0 Å². The van der Waals surface area contributed by atoms with Crippen LogP contribution in [0.3, 0.4) is 0 Å². The van der Waals surface area contributed by atoms with Gasteiger partial charge in [0, 0.05) is 18.8 Å². The van der Waals surface area contributed by atoms with Gasteiger partial charge in [-0.05, 0) is 37.1 Å². The van der Waals surface area contributed by atoms with Crippen molar-refractivity contribution in [1.82, 2.24) is 4.90 Å². The molecule has 5 heteroatoms. The van der Waals surface area contributed by atoms with E-state index in [2.05, 4.69) is 5.32 Å². The molecule has 0 atom stereocenters. The van der Waals surface area contributed by atoms with E-state index in [1.165, 1.54) is 0 Å². The van der Waals surface area contributed by atoms with E-state index in [4.69, 9.17) is 4.74 Å². The number of hydrogen-bond acceptors (Lipinski definition) is 3. The Morgan fingerprint density at radius 2 is 1.84 bits per heavy atom. The predicted molar refractivity (Wildman–Crippen MR) is 72.1 cm³/mol. The molecule has 1 heterocycles. The van der Waals surface area contributed by atoms with Crippen molar-refractivity contribution in [1.29, 1.82) is 0 Å². The Morgan fingerprint density at radius 1 is 1.21 bits per heavy atom. The predicted octanol–water partition coefficient (Wildman–Crippen LogP) is 1.65. The van der Waals surface area contributed by atoms with Gasteiger partial charge in [-0.3, -0.25) is 9.59 Å². The highest BCUT2D eigenvalue weighted by atomic mass is 16.5. The van der Waals surface area contributed by atoms with Gasteiger partial charge in [0.1, 0.15) is 12.2 Å². The molecule has 1 aliphatic rings. The van der Waals surface area contributed by atoms with Crippen molar-refractivity contribution in [3.63, 3.8) is 0 Å². The first-order valence-electron chi connectivity index (χ1n) is 6.41. The molecule has 2 amide bonds. The lowest BCUT2D eigenvalue weighted by Crippen LogP contribution is -2.31. The lowest BCUT2D eigenvalue weighted by atomic mass is 10.3. The third-order valence-corrected chi connectivity index (χ3v) is 3.14. The second kappa shape index (κ2) is 6.22. The molecule has 19 heavy (non-hydrogen) atoms. The van der Waals surface area contributed by atoms with Gasteiger partial charge in [-0.15, -0.1) is 0 Å². The molecular weight excluding hydrogens is 244 g/mol. The number of benzene rings is 1. The molecule has 0 aromatic heterocycles. The van der Waals surface area contributed by atoms with E-state index in [0.717, 1.165) is 31.7 Å². The van der Waals surface area contributed by atoms with Crippen LogP contribution in [0.25, 0.3) is 0 Å². The highest BCUT2D eigenvalue weighted by Gasteiger charge is 2.20. The first-order valence-corrected chi connectivity index (χ1v) is 6.41. The molecule has 0 saturated carbocycles. The molecule has 2 rings (SSSR count). The van der Waals surface area contributed by atoms with E-state index in [-0.39, 0.29) is 18.2 Å². The van der Waals surface area contributed by atoms with Gasteiger partial charge in [-0.2, -0.15) is 0 Å². The van der Waals surface area contributed by atoms with Crippen molar-refractivity contribution in [2.75, 3.05) is 25.5 Å². The van der Waals surface area contributed by atoms with E-state index in [1.54, 1.807) is 36.3 Å². The number of carbonyl (C=O) groups is 2. The van der Waals surface area contributed by atoms with Crippen molar-refractivity contribution in [3.8, 4) is 5.75 Å². The molecule has 102 valence electrons. The Bertz CT molecular complexity index is 450. The zero-order valence-corrected chi connectivity index (χ0v) is 11.0. The summed E-state index contributed by atoms with van der Waals surface area (Å²) in [6.45, 7) is 1.54. The normalized spacial score (nSPS) is 14.3. The SMILES string of the molecule is COc1ccc(NC(=O)CC(=O)N2CCCC2)cc1. The number of carbonyl (C=O) groups excluding carboxylic acids is 2. The summed E-state index contributed by atoms with van der Waals surface area (Å²) in [4.78, 5) is 25.3. The lowest BCUT2D eigenvalue weighted by molar-refractivity contribution is -0.133. The maximum Gasteiger partial charge on any atom is 0.233 e. The van der Waals surface area contributed by atoms with Crippen LogP contribution in [0.4, 0.5) is 5.69 Å². The van der Waals surface area contributed by atoms with Crippen LogP contribution in [-0.2, 0) is 9.59 Å². The molecule has 1 aromatic carbocycles. The summed E-state index contributed by atoms with van der Waals surface area (Å²) < 4.78 is 5.03. The Balaban J connectivity index is 1.84. The van der Waals surface area contributed by atoms with Crippen LogP contribution < -0.4 is 10.1 Å².